The third kappa shape index (κ3) is 2.85. The topological polar surface area (TPSA) is 32.3 Å². The standard InChI is InChI=1S/C14H13FN2O/c1-11-6-5-7-12(10-11)16-14(18)17(15)13-8-3-2-4-9-13/h2-10H,1H3,(H,16,18). The molecule has 92 valence electrons. The second-order valence-corrected chi connectivity index (χ2v) is 3.92. The maximum absolute atomic E-state index is 13.7. The van der Waals surface area contributed by atoms with E-state index in [2.05, 4.69) is 5.32 Å². The quantitative estimate of drug-likeness (QED) is 0.798. The molecule has 0 aromatic heterocycles. The Kier molecular flexibility index (Phi) is 3.57. The summed E-state index contributed by atoms with van der Waals surface area (Å²) in [6.45, 7) is 1.90. The molecule has 0 heterocycles. The molecule has 0 unspecified atom stereocenters. The van der Waals surface area contributed by atoms with Gasteiger partial charge in [-0.3, -0.25) is 0 Å². The lowest BCUT2D eigenvalue weighted by atomic mass is 10.2. The molecule has 0 fully saturated rings. The molecular formula is C14H13FN2O. The van der Waals surface area contributed by atoms with Crippen LogP contribution in [0.1, 0.15) is 5.56 Å². The minimum atomic E-state index is -0.813. The first-order valence-corrected chi connectivity index (χ1v) is 5.55. The fourth-order valence-electron chi connectivity index (χ4n) is 1.57. The monoisotopic (exact) mass is 244 g/mol. The summed E-state index contributed by atoms with van der Waals surface area (Å²) in [6, 6.07) is 14.5. The van der Waals surface area contributed by atoms with Gasteiger partial charge in [0.05, 0.1) is 5.69 Å². The number of hydrogen-bond donors (Lipinski definition) is 1. The molecule has 4 heteroatoms. The molecule has 0 aliphatic heterocycles. The summed E-state index contributed by atoms with van der Waals surface area (Å²) in [5.41, 5.74) is 1.76. The summed E-state index contributed by atoms with van der Waals surface area (Å²) in [4.78, 5) is 11.7. The smallest absolute Gasteiger partial charge is 0.306 e. The molecule has 2 aromatic carbocycles. The summed E-state index contributed by atoms with van der Waals surface area (Å²) in [7, 11) is 0. The summed E-state index contributed by atoms with van der Waals surface area (Å²) in [5.74, 6) is 0. The molecule has 0 aliphatic rings. The first-order chi connectivity index (χ1) is 8.66. The summed E-state index contributed by atoms with van der Waals surface area (Å²) in [6.07, 6.45) is 0. The molecule has 1 N–H and O–H groups in total. The van der Waals surface area contributed by atoms with E-state index in [1.165, 1.54) is 12.1 Å². The van der Waals surface area contributed by atoms with E-state index in [1.807, 2.05) is 13.0 Å². The van der Waals surface area contributed by atoms with Gasteiger partial charge in [-0.15, -0.1) is 5.12 Å². The number of carbonyl (C=O) groups is 1. The number of nitrogens with one attached hydrogen (secondary N) is 1. The number of amides is 2. The number of nitrogens with zero attached hydrogens (tertiary/aromatic N) is 1. The van der Waals surface area contributed by atoms with Crippen molar-refractivity contribution in [1.29, 1.82) is 0 Å². The van der Waals surface area contributed by atoms with Crippen molar-refractivity contribution in [1.82, 2.24) is 0 Å². The molecular weight excluding hydrogens is 231 g/mol. The molecule has 3 nitrogen and oxygen atoms in total. The summed E-state index contributed by atoms with van der Waals surface area (Å²) >= 11 is 0. The van der Waals surface area contributed by atoms with E-state index >= 15 is 0 Å². The van der Waals surface area contributed by atoms with E-state index in [0.29, 0.717) is 5.69 Å². The van der Waals surface area contributed by atoms with Crippen LogP contribution in [0.5, 0.6) is 0 Å². The van der Waals surface area contributed by atoms with Gasteiger partial charge in [-0.2, -0.15) is 0 Å². The zero-order valence-electron chi connectivity index (χ0n) is 9.93. The molecule has 0 atom stereocenters. The average molecular weight is 244 g/mol. The highest BCUT2D eigenvalue weighted by Crippen LogP contribution is 2.16. The first kappa shape index (κ1) is 12.1. The highest BCUT2D eigenvalue weighted by atomic mass is 19.2. The molecule has 2 amide bonds. The molecule has 0 aliphatic carbocycles. The number of halogens is 1. The van der Waals surface area contributed by atoms with Crippen LogP contribution in [0.4, 0.5) is 20.7 Å². The lowest BCUT2D eigenvalue weighted by molar-refractivity contribution is 0.245. The Morgan fingerprint density at radius 3 is 2.50 bits per heavy atom. The number of rotatable bonds is 2. The van der Waals surface area contributed by atoms with Crippen LogP contribution in [0.3, 0.4) is 0 Å². The SMILES string of the molecule is Cc1cccc(NC(=O)N(F)c2ccccc2)c1. The van der Waals surface area contributed by atoms with E-state index in [4.69, 9.17) is 0 Å². The molecule has 0 bridgehead atoms. The minimum absolute atomic E-state index is 0.0856. The normalized spacial score (nSPS) is 9.89. The van der Waals surface area contributed by atoms with Crippen LogP contribution >= 0.6 is 0 Å². The Balaban J connectivity index is 2.09. The predicted octanol–water partition coefficient (Wildman–Crippen LogP) is 3.92. The molecule has 18 heavy (non-hydrogen) atoms. The van der Waals surface area contributed by atoms with Gasteiger partial charge in [-0.05, 0) is 36.8 Å². The maximum atomic E-state index is 13.7. The number of anilines is 2. The Morgan fingerprint density at radius 1 is 1.11 bits per heavy atom. The van der Waals surface area contributed by atoms with Crippen molar-refractivity contribution in [3.05, 3.63) is 60.2 Å². The van der Waals surface area contributed by atoms with Crippen molar-refractivity contribution in [2.75, 3.05) is 10.4 Å². The van der Waals surface area contributed by atoms with Crippen LogP contribution < -0.4 is 10.4 Å². The van der Waals surface area contributed by atoms with Crippen LogP contribution in [-0.2, 0) is 0 Å². The Morgan fingerprint density at radius 2 is 1.83 bits per heavy atom. The highest BCUT2D eigenvalue weighted by Gasteiger charge is 2.14. The van der Waals surface area contributed by atoms with E-state index < -0.39 is 6.03 Å². The van der Waals surface area contributed by atoms with Crippen molar-refractivity contribution in [3.8, 4) is 0 Å². The predicted molar refractivity (Wildman–Crippen MR) is 70.2 cm³/mol. The molecule has 2 rings (SSSR count). The van der Waals surface area contributed by atoms with E-state index in [1.54, 1.807) is 36.4 Å². The Bertz CT molecular complexity index is 543. The Hall–Kier alpha value is -2.36. The number of benzene rings is 2. The van der Waals surface area contributed by atoms with Crippen LogP contribution in [0.2, 0.25) is 0 Å². The molecule has 0 saturated heterocycles. The zero-order chi connectivity index (χ0) is 13.0. The summed E-state index contributed by atoms with van der Waals surface area (Å²) in [5, 5.41) is 2.58. The van der Waals surface area contributed by atoms with Crippen molar-refractivity contribution in [2.24, 2.45) is 0 Å². The van der Waals surface area contributed by atoms with Gasteiger partial charge in [0.1, 0.15) is 0 Å². The van der Waals surface area contributed by atoms with Gasteiger partial charge in [0.25, 0.3) is 0 Å². The molecule has 0 radical (unpaired) electrons. The van der Waals surface area contributed by atoms with Gasteiger partial charge >= 0.3 is 6.03 Å². The van der Waals surface area contributed by atoms with Crippen LogP contribution in [-0.4, -0.2) is 6.03 Å². The van der Waals surface area contributed by atoms with Crippen LogP contribution in [0.25, 0.3) is 0 Å². The van der Waals surface area contributed by atoms with Crippen LogP contribution in [0, 0.1) is 6.92 Å². The average Bonchev–Trinajstić information content (AvgIpc) is 2.39. The van der Waals surface area contributed by atoms with Crippen molar-refractivity contribution in [3.63, 3.8) is 0 Å². The number of aryl methyl sites for hydroxylation is 1. The van der Waals surface area contributed by atoms with Gasteiger partial charge in [-0.25, -0.2) is 4.79 Å². The fraction of sp³-hybridized carbons (Fsp3) is 0.0714. The van der Waals surface area contributed by atoms with Crippen molar-refractivity contribution >= 4 is 17.4 Å². The minimum Gasteiger partial charge on any atom is -0.306 e. The molecule has 2 aromatic rings. The van der Waals surface area contributed by atoms with E-state index in [9.17, 15) is 9.28 Å². The van der Waals surface area contributed by atoms with Crippen LogP contribution in [0.15, 0.2) is 54.6 Å². The zero-order valence-corrected chi connectivity index (χ0v) is 9.93. The summed E-state index contributed by atoms with van der Waals surface area (Å²) < 4.78 is 13.7. The first-order valence-electron chi connectivity index (χ1n) is 5.55. The molecule has 0 saturated carbocycles. The third-order valence-electron chi connectivity index (χ3n) is 2.43. The lowest BCUT2D eigenvalue weighted by Crippen LogP contribution is -2.27. The molecule has 0 spiro atoms. The number of carbonyl (C=O) groups excluding carboxylic acids is 1. The van der Waals surface area contributed by atoms with E-state index in [0.717, 1.165) is 5.56 Å². The van der Waals surface area contributed by atoms with Crippen molar-refractivity contribution < 1.29 is 9.28 Å². The van der Waals surface area contributed by atoms with Crippen molar-refractivity contribution in [2.45, 2.75) is 6.92 Å². The fourth-order valence-corrected chi connectivity index (χ4v) is 1.57. The second-order valence-electron chi connectivity index (χ2n) is 3.92. The Labute approximate surface area is 105 Å². The maximum Gasteiger partial charge on any atom is 0.354 e. The van der Waals surface area contributed by atoms with Gasteiger partial charge in [0.15, 0.2) is 0 Å². The largest absolute Gasteiger partial charge is 0.354 e. The number of para-hydroxylation sites is 1. The van der Waals surface area contributed by atoms with Gasteiger partial charge < -0.3 is 5.32 Å². The highest BCUT2D eigenvalue weighted by molar-refractivity contribution is 6.00. The van der Waals surface area contributed by atoms with Gasteiger partial charge in [0, 0.05) is 5.69 Å². The number of urea groups is 1. The van der Waals surface area contributed by atoms with Gasteiger partial charge in [-0.1, -0.05) is 34.8 Å². The number of hydrogen-bond acceptors (Lipinski definition) is 1. The lowest BCUT2D eigenvalue weighted by Gasteiger charge is -2.13. The third-order valence-corrected chi connectivity index (χ3v) is 2.43. The van der Waals surface area contributed by atoms with E-state index in [-0.39, 0.29) is 10.8 Å². The second kappa shape index (κ2) is 5.31. The van der Waals surface area contributed by atoms with Gasteiger partial charge in [0.2, 0.25) is 0 Å².